The van der Waals surface area contributed by atoms with Gasteiger partial charge in [-0.3, -0.25) is 15.1 Å². The van der Waals surface area contributed by atoms with Gasteiger partial charge in [0.1, 0.15) is 0 Å². The average Bonchev–Trinajstić information content (AvgIpc) is 3.17. The molecule has 0 spiro atoms. The predicted octanol–water partition coefficient (Wildman–Crippen LogP) is 2.56. The Balaban J connectivity index is 1.46. The highest BCUT2D eigenvalue weighted by Crippen LogP contribution is 2.18. The van der Waals surface area contributed by atoms with Gasteiger partial charge in [-0.05, 0) is 25.0 Å². The van der Waals surface area contributed by atoms with Crippen molar-refractivity contribution in [2.75, 3.05) is 6.61 Å². The molecule has 1 fully saturated rings. The number of nitrogens with one attached hydrogen (secondary N) is 2. The molecule has 2 N–H and O–H groups in total. The van der Waals surface area contributed by atoms with Gasteiger partial charge in [0.05, 0.1) is 5.52 Å². The number of pyridine rings is 1. The van der Waals surface area contributed by atoms with Crippen LogP contribution in [-0.2, 0) is 14.3 Å². The van der Waals surface area contributed by atoms with E-state index in [-0.39, 0.29) is 6.04 Å². The first-order valence-corrected chi connectivity index (χ1v) is 8.91. The lowest BCUT2D eigenvalue weighted by Gasteiger charge is -2.12. The number of hydrogen-bond donors (Lipinski definition) is 2. The van der Waals surface area contributed by atoms with Crippen molar-refractivity contribution >= 4 is 34.9 Å². The van der Waals surface area contributed by atoms with Crippen LogP contribution in [0.1, 0.15) is 31.2 Å². The molecule has 1 heterocycles. The summed E-state index contributed by atoms with van der Waals surface area (Å²) >= 11 is 0. The molecule has 0 unspecified atom stereocenters. The van der Waals surface area contributed by atoms with Crippen LogP contribution >= 0.6 is 0 Å². The van der Waals surface area contributed by atoms with Gasteiger partial charge in [0.2, 0.25) is 0 Å². The molecule has 7 heteroatoms. The maximum atomic E-state index is 11.8. The van der Waals surface area contributed by atoms with Gasteiger partial charge in [-0.25, -0.2) is 9.59 Å². The predicted molar refractivity (Wildman–Crippen MR) is 101 cm³/mol. The standard InChI is InChI=1S/C20H21N3O4/c24-17(23-20(26)22-16-8-1-2-9-16)13-27-18(25)11-10-15-6-3-5-14-7-4-12-21-19(14)15/h3-7,10-12,16H,1-2,8-9,13H2,(H2,22,23,24,26)/b11-10+. The Hall–Kier alpha value is -3.22. The SMILES string of the molecule is O=C(COC(=O)/C=C/c1cccc2cccnc12)NC(=O)NC1CCCC1. The molecule has 0 atom stereocenters. The number of imide groups is 1. The summed E-state index contributed by atoms with van der Waals surface area (Å²) in [5, 5.41) is 5.85. The minimum atomic E-state index is -0.672. The number of ether oxygens (including phenoxy) is 1. The number of carbonyl (C=O) groups is 3. The number of aromatic nitrogens is 1. The zero-order valence-corrected chi connectivity index (χ0v) is 14.8. The summed E-state index contributed by atoms with van der Waals surface area (Å²) < 4.78 is 4.87. The van der Waals surface area contributed by atoms with E-state index in [1.54, 1.807) is 12.3 Å². The van der Waals surface area contributed by atoms with E-state index in [2.05, 4.69) is 15.6 Å². The Labute approximate surface area is 156 Å². The molecule has 3 amide bonds. The molecule has 1 aliphatic carbocycles. The fraction of sp³-hybridized carbons (Fsp3) is 0.300. The minimum absolute atomic E-state index is 0.109. The summed E-state index contributed by atoms with van der Waals surface area (Å²) in [6.07, 6.45) is 8.50. The number of nitrogens with zero attached hydrogens (tertiary/aromatic N) is 1. The smallest absolute Gasteiger partial charge is 0.331 e. The van der Waals surface area contributed by atoms with E-state index in [1.165, 1.54) is 6.08 Å². The lowest BCUT2D eigenvalue weighted by Crippen LogP contribution is -2.44. The Morgan fingerprint density at radius 2 is 1.93 bits per heavy atom. The largest absolute Gasteiger partial charge is 0.452 e. The van der Waals surface area contributed by atoms with E-state index < -0.39 is 24.5 Å². The number of rotatable bonds is 5. The zero-order chi connectivity index (χ0) is 19.1. The number of para-hydroxylation sites is 1. The number of hydrogen-bond acceptors (Lipinski definition) is 5. The second-order valence-corrected chi connectivity index (χ2v) is 6.37. The lowest BCUT2D eigenvalue weighted by molar-refractivity contribution is -0.143. The number of fused-ring (bicyclic) bond motifs is 1. The number of benzene rings is 1. The summed E-state index contributed by atoms with van der Waals surface area (Å²) in [5.74, 6) is -1.34. The van der Waals surface area contributed by atoms with Crippen molar-refractivity contribution in [3.05, 3.63) is 48.2 Å². The van der Waals surface area contributed by atoms with Crippen LogP contribution in [0.4, 0.5) is 4.79 Å². The first kappa shape index (κ1) is 18.6. The maximum Gasteiger partial charge on any atom is 0.331 e. The van der Waals surface area contributed by atoms with Crippen LogP contribution in [-0.4, -0.2) is 35.5 Å². The van der Waals surface area contributed by atoms with Gasteiger partial charge in [0.15, 0.2) is 6.61 Å². The third-order valence-electron chi connectivity index (χ3n) is 4.35. The average molecular weight is 367 g/mol. The van der Waals surface area contributed by atoms with Crippen molar-refractivity contribution in [1.29, 1.82) is 0 Å². The summed E-state index contributed by atoms with van der Waals surface area (Å²) in [5.41, 5.74) is 1.54. The second-order valence-electron chi connectivity index (χ2n) is 6.37. The molecule has 0 bridgehead atoms. The summed E-state index contributed by atoms with van der Waals surface area (Å²) in [4.78, 5) is 39.5. The highest BCUT2D eigenvalue weighted by atomic mass is 16.5. The quantitative estimate of drug-likeness (QED) is 0.625. The molecule has 0 radical (unpaired) electrons. The number of urea groups is 1. The van der Waals surface area contributed by atoms with Crippen molar-refractivity contribution in [2.45, 2.75) is 31.7 Å². The van der Waals surface area contributed by atoms with Gasteiger partial charge < -0.3 is 10.1 Å². The van der Waals surface area contributed by atoms with E-state index in [9.17, 15) is 14.4 Å². The van der Waals surface area contributed by atoms with Crippen LogP contribution in [0.3, 0.4) is 0 Å². The molecule has 1 saturated carbocycles. The normalized spacial score (nSPS) is 14.4. The first-order valence-electron chi connectivity index (χ1n) is 8.91. The zero-order valence-electron chi connectivity index (χ0n) is 14.8. The van der Waals surface area contributed by atoms with Crippen LogP contribution in [0.5, 0.6) is 0 Å². The summed E-state index contributed by atoms with van der Waals surface area (Å²) in [7, 11) is 0. The fourth-order valence-electron chi connectivity index (χ4n) is 3.06. The Kier molecular flexibility index (Phi) is 6.14. The van der Waals surface area contributed by atoms with Crippen LogP contribution in [0, 0.1) is 0 Å². The summed E-state index contributed by atoms with van der Waals surface area (Å²) in [6, 6.07) is 8.95. The molecule has 0 aliphatic heterocycles. The van der Waals surface area contributed by atoms with Gasteiger partial charge >= 0.3 is 12.0 Å². The van der Waals surface area contributed by atoms with E-state index in [4.69, 9.17) is 4.74 Å². The number of amides is 3. The van der Waals surface area contributed by atoms with Crippen molar-refractivity contribution in [3.8, 4) is 0 Å². The Morgan fingerprint density at radius 3 is 2.74 bits per heavy atom. The summed E-state index contributed by atoms with van der Waals surface area (Å²) in [6.45, 7) is -0.519. The highest BCUT2D eigenvalue weighted by molar-refractivity contribution is 5.97. The minimum Gasteiger partial charge on any atom is -0.452 e. The lowest BCUT2D eigenvalue weighted by atomic mass is 10.1. The molecule has 27 heavy (non-hydrogen) atoms. The van der Waals surface area contributed by atoms with Crippen LogP contribution < -0.4 is 10.6 Å². The van der Waals surface area contributed by atoms with Gasteiger partial charge in [-0.15, -0.1) is 0 Å². The van der Waals surface area contributed by atoms with Gasteiger partial charge in [-0.2, -0.15) is 0 Å². The molecule has 7 nitrogen and oxygen atoms in total. The molecular formula is C20H21N3O4. The molecule has 140 valence electrons. The molecule has 1 aromatic heterocycles. The van der Waals surface area contributed by atoms with Crippen molar-refractivity contribution in [2.24, 2.45) is 0 Å². The third kappa shape index (κ3) is 5.37. The molecular weight excluding hydrogens is 346 g/mol. The monoisotopic (exact) mass is 367 g/mol. The Morgan fingerprint density at radius 1 is 1.15 bits per heavy atom. The molecule has 1 aliphatic rings. The maximum absolute atomic E-state index is 11.8. The molecule has 2 aromatic rings. The van der Waals surface area contributed by atoms with Gasteiger partial charge in [-0.1, -0.05) is 37.1 Å². The molecule has 3 rings (SSSR count). The molecule has 1 aromatic carbocycles. The second kappa shape index (κ2) is 8.93. The van der Waals surface area contributed by atoms with Gasteiger partial charge in [0, 0.05) is 29.3 Å². The van der Waals surface area contributed by atoms with Crippen LogP contribution in [0.15, 0.2) is 42.6 Å². The van der Waals surface area contributed by atoms with E-state index in [1.807, 2.05) is 30.3 Å². The number of esters is 1. The molecule has 0 saturated heterocycles. The van der Waals surface area contributed by atoms with Crippen LogP contribution in [0.2, 0.25) is 0 Å². The fourth-order valence-corrected chi connectivity index (χ4v) is 3.06. The van der Waals surface area contributed by atoms with Crippen LogP contribution in [0.25, 0.3) is 17.0 Å². The van der Waals surface area contributed by atoms with Crippen molar-refractivity contribution in [3.63, 3.8) is 0 Å². The van der Waals surface area contributed by atoms with Gasteiger partial charge in [0.25, 0.3) is 5.91 Å². The first-order chi connectivity index (χ1) is 13.1. The number of carbonyl (C=O) groups excluding carboxylic acids is 3. The topological polar surface area (TPSA) is 97.4 Å². The Bertz CT molecular complexity index is 867. The highest BCUT2D eigenvalue weighted by Gasteiger charge is 2.18. The van der Waals surface area contributed by atoms with E-state index in [0.717, 1.165) is 42.1 Å². The van der Waals surface area contributed by atoms with Crippen molar-refractivity contribution in [1.82, 2.24) is 15.6 Å². The third-order valence-corrected chi connectivity index (χ3v) is 4.35. The van der Waals surface area contributed by atoms with E-state index >= 15 is 0 Å². The van der Waals surface area contributed by atoms with Crippen molar-refractivity contribution < 1.29 is 19.1 Å². The van der Waals surface area contributed by atoms with E-state index in [0.29, 0.717) is 0 Å².